The summed E-state index contributed by atoms with van der Waals surface area (Å²) in [7, 11) is 1.86. The zero-order valence-electron chi connectivity index (χ0n) is 9.71. The second kappa shape index (κ2) is 5.09. The molecule has 2 aromatic rings. The highest BCUT2D eigenvalue weighted by molar-refractivity contribution is 7.10. The Kier molecular flexibility index (Phi) is 3.53. The molecule has 0 fully saturated rings. The summed E-state index contributed by atoms with van der Waals surface area (Å²) in [6.07, 6.45) is 3.88. The van der Waals surface area contributed by atoms with Gasteiger partial charge in [0.05, 0.1) is 24.9 Å². The molecule has 0 aliphatic heterocycles. The highest BCUT2D eigenvalue weighted by Gasteiger charge is 2.10. The van der Waals surface area contributed by atoms with E-state index in [-0.39, 0.29) is 12.4 Å². The number of hydrogen-bond donors (Lipinski definition) is 0. The van der Waals surface area contributed by atoms with Gasteiger partial charge in [-0.05, 0) is 6.92 Å². The number of carbonyl (C=O) groups is 1. The summed E-state index contributed by atoms with van der Waals surface area (Å²) in [5.74, 6) is -0.236. The van der Waals surface area contributed by atoms with E-state index in [9.17, 15) is 4.79 Å². The third kappa shape index (κ3) is 2.91. The van der Waals surface area contributed by atoms with Gasteiger partial charge in [0, 0.05) is 24.2 Å². The van der Waals surface area contributed by atoms with Crippen molar-refractivity contribution in [2.45, 2.75) is 13.3 Å². The fourth-order valence-corrected chi connectivity index (χ4v) is 2.20. The Morgan fingerprint density at radius 3 is 3.06 bits per heavy atom. The van der Waals surface area contributed by atoms with Gasteiger partial charge in [-0.1, -0.05) is 0 Å². The van der Waals surface area contributed by atoms with Crippen LogP contribution in [0.1, 0.15) is 11.9 Å². The number of aromatic nitrogens is 3. The molecule has 2 heterocycles. The average molecular weight is 251 g/mol. The van der Waals surface area contributed by atoms with Crippen LogP contribution in [-0.2, 0) is 23.0 Å². The molecule has 0 N–H and O–H groups in total. The van der Waals surface area contributed by atoms with E-state index in [1.165, 1.54) is 11.3 Å². The highest BCUT2D eigenvalue weighted by Crippen LogP contribution is 2.21. The van der Waals surface area contributed by atoms with Gasteiger partial charge in [0.2, 0.25) is 0 Å². The second-order valence-electron chi connectivity index (χ2n) is 3.51. The number of rotatable bonds is 4. The molecule has 0 aromatic carbocycles. The molecule has 0 saturated carbocycles. The van der Waals surface area contributed by atoms with Crippen LogP contribution in [0.4, 0.5) is 0 Å². The van der Waals surface area contributed by atoms with Crippen molar-refractivity contribution in [3.63, 3.8) is 0 Å². The molecule has 0 radical (unpaired) electrons. The summed E-state index contributed by atoms with van der Waals surface area (Å²) < 4.78 is 6.60. The second-order valence-corrected chi connectivity index (χ2v) is 4.45. The SMILES string of the molecule is CCOC(=O)Cc1nc(-c2cnn(C)c2)cs1. The number of carbonyl (C=O) groups excluding carboxylic acids is 1. The smallest absolute Gasteiger partial charge is 0.312 e. The quantitative estimate of drug-likeness (QED) is 0.775. The van der Waals surface area contributed by atoms with E-state index in [2.05, 4.69) is 10.1 Å². The number of thiazole rings is 1. The first kappa shape index (κ1) is 11.8. The molecule has 0 bridgehead atoms. The number of esters is 1. The Bertz CT molecular complexity index is 518. The van der Waals surface area contributed by atoms with Crippen LogP contribution in [0.3, 0.4) is 0 Å². The van der Waals surface area contributed by atoms with Crippen LogP contribution < -0.4 is 0 Å². The first-order chi connectivity index (χ1) is 8.19. The summed E-state index contributed by atoms with van der Waals surface area (Å²) in [4.78, 5) is 15.7. The molecular formula is C11H13N3O2S. The van der Waals surface area contributed by atoms with Gasteiger partial charge >= 0.3 is 5.97 Å². The lowest BCUT2D eigenvalue weighted by molar-refractivity contribution is -0.142. The topological polar surface area (TPSA) is 57.0 Å². The first-order valence-electron chi connectivity index (χ1n) is 5.28. The van der Waals surface area contributed by atoms with E-state index in [0.717, 1.165) is 16.3 Å². The molecule has 0 spiro atoms. The molecule has 0 aliphatic carbocycles. The van der Waals surface area contributed by atoms with Crippen molar-refractivity contribution in [2.24, 2.45) is 7.05 Å². The van der Waals surface area contributed by atoms with Gasteiger partial charge in [0.25, 0.3) is 0 Å². The summed E-state index contributed by atoms with van der Waals surface area (Å²) in [5, 5.41) is 6.77. The fourth-order valence-electron chi connectivity index (χ4n) is 1.41. The Morgan fingerprint density at radius 1 is 1.59 bits per heavy atom. The van der Waals surface area contributed by atoms with Crippen LogP contribution in [0.15, 0.2) is 17.8 Å². The number of aryl methyl sites for hydroxylation is 1. The molecule has 0 unspecified atom stereocenters. The van der Waals surface area contributed by atoms with Crippen LogP contribution in [0.2, 0.25) is 0 Å². The van der Waals surface area contributed by atoms with Crippen LogP contribution >= 0.6 is 11.3 Å². The minimum Gasteiger partial charge on any atom is -0.466 e. The van der Waals surface area contributed by atoms with Crippen molar-refractivity contribution in [3.05, 3.63) is 22.8 Å². The summed E-state index contributed by atoms with van der Waals surface area (Å²) in [6, 6.07) is 0. The Labute approximate surface area is 103 Å². The zero-order chi connectivity index (χ0) is 12.3. The Hall–Kier alpha value is -1.69. The third-order valence-corrected chi connectivity index (χ3v) is 3.00. The van der Waals surface area contributed by atoms with E-state index in [1.807, 2.05) is 18.6 Å². The molecule has 2 rings (SSSR count). The fraction of sp³-hybridized carbons (Fsp3) is 0.364. The summed E-state index contributed by atoms with van der Waals surface area (Å²) in [6.45, 7) is 2.19. The standard InChI is InChI=1S/C11H13N3O2S/c1-3-16-11(15)4-10-13-9(7-17-10)8-5-12-14(2)6-8/h5-7H,3-4H2,1-2H3. The summed E-state index contributed by atoms with van der Waals surface area (Å²) >= 11 is 1.46. The maximum atomic E-state index is 11.3. The van der Waals surface area contributed by atoms with Crippen molar-refractivity contribution in [1.29, 1.82) is 0 Å². The van der Waals surface area contributed by atoms with Gasteiger partial charge in [-0.15, -0.1) is 11.3 Å². The molecule has 0 atom stereocenters. The molecule has 90 valence electrons. The Morgan fingerprint density at radius 2 is 2.41 bits per heavy atom. The third-order valence-electron chi connectivity index (χ3n) is 2.15. The van der Waals surface area contributed by atoms with E-state index >= 15 is 0 Å². The predicted molar refractivity (Wildman–Crippen MR) is 64.7 cm³/mol. The predicted octanol–water partition coefficient (Wildman–Crippen LogP) is 1.65. The van der Waals surface area contributed by atoms with Gasteiger partial charge in [-0.25, -0.2) is 4.98 Å². The molecular weight excluding hydrogens is 238 g/mol. The molecule has 2 aromatic heterocycles. The lowest BCUT2D eigenvalue weighted by atomic mass is 10.3. The van der Waals surface area contributed by atoms with Crippen molar-refractivity contribution in [1.82, 2.24) is 14.8 Å². The maximum Gasteiger partial charge on any atom is 0.312 e. The number of ether oxygens (including phenoxy) is 1. The summed E-state index contributed by atoms with van der Waals surface area (Å²) in [5.41, 5.74) is 1.81. The minimum atomic E-state index is -0.236. The monoisotopic (exact) mass is 251 g/mol. The van der Waals surface area contributed by atoms with Crippen molar-refractivity contribution in [3.8, 4) is 11.3 Å². The van der Waals surface area contributed by atoms with Crippen molar-refractivity contribution in [2.75, 3.05) is 6.61 Å². The largest absolute Gasteiger partial charge is 0.466 e. The maximum absolute atomic E-state index is 11.3. The molecule has 0 aliphatic rings. The molecule has 17 heavy (non-hydrogen) atoms. The van der Waals surface area contributed by atoms with Crippen LogP contribution in [0.5, 0.6) is 0 Å². The normalized spacial score (nSPS) is 10.5. The van der Waals surface area contributed by atoms with Crippen LogP contribution in [-0.4, -0.2) is 27.3 Å². The van der Waals surface area contributed by atoms with E-state index in [4.69, 9.17) is 4.74 Å². The van der Waals surface area contributed by atoms with Gasteiger partial charge in [0.15, 0.2) is 0 Å². The van der Waals surface area contributed by atoms with Crippen molar-refractivity contribution >= 4 is 17.3 Å². The molecule has 5 nitrogen and oxygen atoms in total. The molecule has 0 saturated heterocycles. The van der Waals surface area contributed by atoms with Gasteiger partial charge in [-0.2, -0.15) is 5.10 Å². The van der Waals surface area contributed by atoms with E-state index in [0.29, 0.717) is 6.61 Å². The van der Waals surface area contributed by atoms with Crippen LogP contribution in [0, 0.1) is 0 Å². The lowest BCUT2D eigenvalue weighted by Crippen LogP contribution is -2.07. The number of hydrogen-bond acceptors (Lipinski definition) is 5. The molecule has 0 amide bonds. The van der Waals surface area contributed by atoms with Gasteiger partial charge in [0.1, 0.15) is 5.01 Å². The zero-order valence-corrected chi connectivity index (χ0v) is 10.5. The van der Waals surface area contributed by atoms with Gasteiger partial charge in [-0.3, -0.25) is 9.48 Å². The molecule has 6 heteroatoms. The lowest BCUT2D eigenvalue weighted by Gasteiger charge is -1.97. The van der Waals surface area contributed by atoms with Gasteiger partial charge < -0.3 is 4.74 Å². The average Bonchev–Trinajstić information content (AvgIpc) is 2.87. The minimum absolute atomic E-state index is 0.235. The van der Waals surface area contributed by atoms with Crippen molar-refractivity contribution < 1.29 is 9.53 Å². The van der Waals surface area contributed by atoms with E-state index < -0.39 is 0 Å². The highest BCUT2D eigenvalue weighted by atomic mass is 32.1. The number of nitrogens with zero attached hydrogens (tertiary/aromatic N) is 3. The van der Waals surface area contributed by atoms with E-state index in [1.54, 1.807) is 17.8 Å². The first-order valence-corrected chi connectivity index (χ1v) is 6.16. The Balaban J connectivity index is 2.08. The van der Waals surface area contributed by atoms with Crippen LogP contribution in [0.25, 0.3) is 11.3 Å².